The van der Waals surface area contributed by atoms with Gasteiger partial charge in [0.25, 0.3) is 5.91 Å². The smallest absolute Gasteiger partial charge is 0.416 e. The van der Waals surface area contributed by atoms with Gasteiger partial charge in [-0.05, 0) is 125 Å². The van der Waals surface area contributed by atoms with Crippen LogP contribution in [0.25, 0.3) is 11.3 Å². The van der Waals surface area contributed by atoms with Crippen molar-refractivity contribution >= 4 is 29.3 Å². The SMILES string of the molecule is CC12CCC(C(=O)N(CC3CCCO3)CC3(O)CCC4C56C=CC7(C=C5C(=O)c5ccc(-c8cc(C(F)(F)F)ccc8Cl)o5)CC(O)CCC7(C)C6CCC43C)(OC1=O)C2(C)C. The Bertz CT molecular complexity index is 2330. The number of aliphatic hydroxyl groups is 2. The Labute approximate surface area is 365 Å². The fourth-order valence-corrected chi connectivity index (χ4v) is 15.0. The van der Waals surface area contributed by atoms with Gasteiger partial charge in [0.15, 0.2) is 11.4 Å². The number of carbonyl (C=O) groups is 3. The van der Waals surface area contributed by atoms with Gasteiger partial charge in [0.2, 0.25) is 5.78 Å². The molecule has 13 heteroatoms. The van der Waals surface area contributed by atoms with E-state index in [1.54, 1.807) is 4.90 Å². The van der Waals surface area contributed by atoms with E-state index in [0.29, 0.717) is 63.5 Å². The maximum Gasteiger partial charge on any atom is 0.416 e. The van der Waals surface area contributed by atoms with Crippen molar-refractivity contribution in [3.05, 3.63) is 70.5 Å². The number of Topliss-reactive ketones (excluding diaryl/α,β-unsaturated/α-hetero) is 1. The Morgan fingerprint density at radius 3 is 2.32 bits per heavy atom. The second-order valence-electron chi connectivity index (χ2n) is 21.5. The number of ether oxygens (including phenoxy) is 2. The molecule has 11 rings (SSSR count). The number of aliphatic hydroxyl groups excluding tert-OH is 1. The van der Waals surface area contributed by atoms with Crippen LogP contribution in [0, 0.1) is 44.3 Å². The molecule has 3 heterocycles. The Morgan fingerprint density at radius 1 is 0.919 bits per heavy atom. The van der Waals surface area contributed by atoms with Crippen LogP contribution in [0.4, 0.5) is 13.2 Å². The van der Waals surface area contributed by atoms with E-state index in [4.69, 9.17) is 25.5 Å². The van der Waals surface area contributed by atoms with Crippen molar-refractivity contribution in [3.8, 4) is 11.3 Å². The third-order valence-corrected chi connectivity index (χ3v) is 19.3. The highest BCUT2D eigenvalue weighted by atomic mass is 35.5. The number of carbonyl (C=O) groups excluding carboxylic acids is 3. The summed E-state index contributed by atoms with van der Waals surface area (Å²) in [5.74, 6) is -1.35. The van der Waals surface area contributed by atoms with Crippen molar-refractivity contribution in [2.45, 2.75) is 135 Å². The molecule has 2 aliphatic heterocycles. The van der Waals surface area contributed by atoms with Crippen LogP contribution in [0.2, 0.25) is 5.02 Å². The summed E-state index contributed by atoms with van der Waals surface area (Å²) in [6, 6.07) is 5.96. The van der Waals surface area contributed by atoms with Crippen LogP contribution < -0.4 is 0 Å². The maximum absolute atomic E-state index is 15.3. The summed E-state index contributed by atoms with van der Waals surface area (Å²) in [5.41, 5.74) is -7.34. The number of alkyl halides is 3. The fourth-order valence-electron chi connectivity index (χ4n) is 14.8. The van der Waals surface area contributed by atoms with Crippen LogP contribution in [0.15, 0.2) is 58.6 Å². The summed E-state index contributed by atoms with van der Waals surface area (Å²) in [4.78, 5) is 45.6. The van der Waals surface area contributed by atoms with Crippen molar-refractivity contribution in [2.75, 3.05) is 19.7 Å². The third-order valence-electron chi connectivity index (χ3n) is 19.0. The average Bonchev–Trinajstić information content (AvgIpc) is 4.03. The number of nitrogens with zero attached hydrogens (tertiary/aromatic N) is 1. The van der Waals surface area contributed by atoms with Crippen LogP contribution in [-0.2, 0) is 25.2 Å². The van der Waals surface area contributed by atoms with Gasteiger partial charge in [-0.2, -0.15) is 13.2 Å². The number of rotatable bonds is 8. The summed E-state index contributed by atoms with van der Waals surface area (Å²) in [7, 11) is 0. The molecule has 1 aromatic carbocycles. The molecule has 1 amide bonds. The lowest BCUT2D eigenvalue weighted by Gasteiger charge is -2.71. The van der Waals surface area contributed by atoms with Crippen molar-refractivity contribution in [3.63, 3.8) is 0 Å². The van der Waals surface area contributed by atoms with Crippen molar-refractivity contribution in [1.29, 1.82) is 0 Å². The molecule has 62 heavy (non-hydrogen) atoms. The summed E-state index contributed by atoms with van der Waals surface area (Å²) in [6.07, 6.45) is 7.63. The summed E-state index contributed by atoms with van der Waals surface area (Å²) in [6.45, 7) is 11.0. The lowest BCUT2D eigenvalue weighted by molar-refractivity contribution is -0.188. The molecule has 9 nitrogen and oxygen atoms in total. The first-order chi connectivity index (χ1) is 29.0. The minimum atomic E-state index is -4.61. The molecule has 334 valence electrons. The van der Waals surface area contributed by atoms with Gasteiger partial charge in [0, 0.05) is 45.9 Å². The number of hydrogen-bond donors (Lipinski definition) is 2. The Kier molecular flexibility index (Phi) is 9.13. The van der Waals surface area contributed by atoms with E-state index in [2.05, 4.69) is 32.1 Å². The number of fused-ring (bicyclic) bond motifs is 3. The lowest BCUT2D eigenvalue weighted by Crippen LogP contribution is -2.68. The van der Waals surface area contributed by atoms with E-state index in [-0.39, 0.29) is 70.4 Å². The highest BCUT2D eigenvalue weighted by Crippen LogP contribution is 2.78. The maximum atomic E-state index is 15.3. The first-order valence-corrected chi connectivity index (χ1v) is 22.9. The molecule has 1 aromatic heterocycles. The zero-order chi connectivity index (χ0) is 44.3. The van der Waals surface area contributed by atoms with Gasteiger partial charge in [-0.3, -0.25) is 14.4 Å². The van der Waals surface area contributed by atoms with Gasteiger partial charge in [0.1, 0.15) is 5.76 Å². The van der Waals surface area contributed by atoms with Crippen molar-refractivity contribution < 1.29 is 51.7 Å². The first kappa shape index (κ1) is 42.5. The molecule has 2 aromatic rings. The van der Waals surface area contributed by atoms with Gasteiger partial charge in [-0.1, -0.05) is 57.5 Å². The van der Waals surface area contributed by atoms with Gasteiger partial charge in [0.05, 0.1) is 40.4 Å². The number of halogens is 4. The second kappa shape index (κ2) is 13.3. The van der Waals surface area contributed by atoms with E-state index in [9.17, 15) is 28.2 Å². The van der Waals surface area contributed by atoms with Gasteiger partial charge < -0.3 is 29.0 Å². The van der Waals surface area contributed by atoms with Crippen LogP contribution in [0.5, 0.6) is 0 Å². The number of allylic oxidation sites excluding steroid dienone is 4. The zero-order valence-corrected chi connectivity index (χ0v) is 36.9. The molecule has 11 unspecified atom stereocenters. The normalized spacial score (nSPS) is 42.3. The van der Waals surface area contributed by atoms with Crippen LogP contribution in [-0.4, -0.2) is 75.9 Å². The summed E-state index contributed by atoms with van der Waals surface area (Å²) >= 11 is 6.42. The highest BCUT2D eigenvalue weighted by molar-refractivity contribution is 6.33. The molecule has 7 aliphatic carbocycles. The number of benzene rings is 1. The standard InChI is InChI=1S/C49H57ClF3NO8/c1-41(2)44(5)18-21-48(41,62-40(44)58)39(57)54(26-30-7-6-22-60-30)27-46(59)17-14-37-43(46,4)16-13-36-42(3)15-12-29(55)24-45(42)19-20-47(36,37)32(25-45)38(56)35-11-10-34(61-35)31-23-28(49(51,52)53)8-9-33(31)50/h8-11,19-20,23,25,29-30,36-37,55,59H,6-7,12-18,21-22,24,26-27H2,1-5H3. The molecule has 4 bridgehead atoms. The van der Waals surface area contributed by atoms with E-state index in [1.807, 2.05) is 20.8 Å². The molecule has 2 N–H and O–H groups in total. The molecule has 9 aliphatic rings. The Hall–Kier alpha value is -3.45. The largest absolute Gasteiger partial charge is 0.453 e. The van der Waals surface area contributed by atoms with Gasteiger partial charge in [-0.15, -0.1) is 0 Å². The first-order valence-electron chi connectivity index (χ1n) is 22.5. The minimum absolute atomic E-state index is 0.00886. The number of hydrogen-bond acceptors (Lipinski definition) is 8. The number of amides is 1. The summed E-state index contributed by atoms with van der Waals surface area (Å²) < 4.78 is 59.7. The monoisotopic (exact) mass is 879 g/mol. The van der Waals surface area contributed by atoms with E-state index in [0.717, 1.165) is 31.4 Å². The molecule has 0 radical (unpaired) electrons. The average molecular weight is 880 g/mol. The van der Waals surface area contributed by atoms with Gasteiger partial charge in [-0.25, -0.2) is 0 Å². The Morgan fingerprint density at radius 2 is 1.65 bits per heavy atom. The van der Waals surface area contributed by atoms with Crippen molar-refractivity contribution in [1.82, 2.24) is 4.90 Å². The molecular formula is C49H57ClF3NO8. The lowest BCUT2D eigenvalue weighted by atomic mass is 9.32. The second-order valence-corrected chi connectivity index (χ2v) is 21.9. The van der Waals surface area contributed by atoms with Crippen LogP contribution >= 0.6 is 11.6 Å². The summed E-state index contributed by atoms with van der Waals surface area (Å²) in [5, 5.41) is 24.6. The third kappa shape index (κ3) is 5.29. The fraction of sp³-hybridized carbons (Fsp3) is 0.653. The van der Waals surface area contributed by atoms with Crippen molar-refractivity contribution in [2.24, 2.45) is 44.3 Å². The number of furan rings is 1. The van der Waals surface area contributed by atoms with Gasteiger partial charge >= 0.3 is 12.1 Å². The topological polar surface area (TPSA) is 127 Å². The van der Waals surface area contributed by atoms with E-state index < -0.39 is 61.9 Å². The van der Waals surface area contributed by atoms with E-state index >= 15 is 9.59 Å². The number of esters is 1. The predicted octanol–water partition coefficient (Wildman–Crippen LogP) is 9.52. The molecular weight excluding hydrogens is 823 g/mol. The molecule has 4 saturated carbocycles. The van der Waals surface area contributed by atoms with Crippen LogP contribution in [0.3, 0.4) is 0 Å². The molecule has 11 atom stereocenters. The number of ketones is 1. The quantitative estimate of drug-likeness (QED) is 0.153. The predicted molar refractivity (Wildman–Crippen MR) is 223 cm³/mol. The molecule has 6 fully saturated rings. The van der Waals surface area contributed by atoms with E-state index in [1.165, 1.54) is 18.2 Å². The highest BCUT2D eigenvalue weighted by Gasteiger charge is 2.78. The Balaban J connectivity index is 1.04. The molecule has 2 spiro atoms. The van der Waals surface area contributed by atoms with Crippen LogP contribution in [0.1, 0.15) is 121 Å². The molecule has 2 saturated heterocycles. The minimum Gasteiger partial charge on any atom is -0.453 e. The zero-order valence-electron chi connectivity index (χ0n) is 36.1.